The predicted molar refractivity (Wildman–Crippen MR) is 133 cm³/mol. The van der Waals surface area contributed by atoms with Crippen LogP contribution < -0.4 is 24.3 Å². The van der Waals surface area contributed by atoms with Crippen molar-refractivity contribution >= 4 is 5.91 Å². The summed E-state index contributed by atoms with van der Waals surface area (Å²) in [5, 5.41) is 3.15. The van der Waals surface area contributed by atoms with Gasteiger partial charge in [0, 0.05) is 18.6 Å². The van der Waals surface area contributed by atoms with E-state index in [9.17, 15) is 4.79 Å². The molecule has 2 aromatic carbocycles. The molecule has 0 spiro atoms. The predicted octanol–water partition coefficient (Wildman–Crippen LogP) is 4.17. The Morgan fingerprint density at radius 2 is 1.59 bits per heavy atom. The second-order valence-corrected chi connectivity index (χ2v) is 8.80. The highest BCUT2D eigenvalue weighted by atomic mass is 16.5. The Hall–Kier alpha value is -2.93. The number of rotatable bonds is 10. The second kappa shape index (κ2) is 11.5. The van der Waals surface area contributed by atoms with Gasteiger partial charge in [0.05, 0.1) is 34.5 Å². The quantitative estimate of drug-likeness (QED) is 0.562. The van der Waals surface area contributed by atoms with Crippen molar-refractivity contribution in [3.05, 3.63) is 47.0 Å². The molecule has 0 fully saturated rings. The second-order valence-electron chi connectivity index (χ2n) is 8.80. The molecule has 1 heterocycles. The van der Waals surface area contributed by atoms with Gasteiger partial charge in [-0.15, -0.1) is 0 Å². The van der Waals surface area contributed by atoms with E-state index in [-0.39, 0.29) is 24.0 Å². The fraction of sp³-hybridized carbons (Fsp3) is 0.519. The Kier molecular flexibility index (Phi) is 8.67. The van der Waals surface area contributed by atoms with Gasteiger partial charge in [-0.05, 0) is 74.1 Å². The normalized spacial score (nSPS) is 17.3. The minimum atomic E-state index is -0.277. The third kappa shape index (κ3) is 5.41. The van der Waals surface area contributed by atoms with Crippen LogP contribution in [0.1, 0.15) is 49.9 Å². The number of nitrogens with one attached hydrogen (secondary N) is 1. The average molecular weight is 471 g/mol. The van der Waals surface area contributed by atoms with E-state index in [1.807, 2.05) is 26.0 Å². The Bertz CT molecular complexity index is 993. The first-order valence-electron chi connectivity index (χ1n) is 11.9. The highest BCUT2D eigenvalue weighted by Gasteiger charge is 2.35. The number of benzene rings is 2. The minimum Gasteiger partial charge on any atom is -0.493 e. The van der Waals surface area contributed by atoms with Crippen molar-refractivity contribution in [2.45, 2.75) is 58.2 Å². The zero-order chi connectivity index (χ0) is 24.8. The molecule has 34 heavy (non-hydrogen) atoms. The first-order chi connectivity index (χ1) is 16.4. The molecule has 2 aromatic rings. The van der Waals surface area contributed by atoms with Gasteiger partial charge in [0.2, 0.25) is 5.91 Å². The van der Waals surface area contributed by atoms with Crippen LogP contribution in [0.4, 0.5) is 0 Å². The summed E-state index contributed by atoms with van der Waals surface area (Å²) < 4.78 is 22.1. The fourth-order valence-electron chi connectivity index (χ4n) is 4.59. The van der Waals surface area contributed by atoms with Crippen molar-refractivity contribution in [2.24, 2.45) is 0 Å². The lowest BCUT2D eigenvalue weighted by Crippen LogP contribution is -2.51. The topological polar surface area (TPSA) is 69.3 Å². The number of ether oxygens (including phenoxy) is 4. The van der Waals surface area contributed by atoms with Crippen molar-refractivity contribution in [2.75, 3.05) is 35.0 Å². The number of carbonyl (C=O) groups excluding carboxylic acids is 1. The van der Waals surface area contributed by atoms with Crippen LogP contribution in [0, 0.1) is 0 Å². The summed E-state index contributed by atoms with van der Waals surface area (Å²) in [6.45, 7) is 6.88. The molecule has 0 aliphatic carbocycles. The van der Waals surface area contributed by atoms with Crippen LogP contribution >= 0.6 is 0 Å². The minimum absolute atomic E-state index is 0.0145. The van der Waals surface area contributed by atoms with Crippen LogP contribution in [-0.4, -0.2) is 57.9 Å². The lowest BCUT2D eigenvalue weighted by molar-refractivity contribution is -0.127. The van der Waals surface area contributed by atoms with Gasteiger partial charge in [-0.25, -0.2) is 0 Å². The van der Waals surface area contributed by atoms with Gasteiger partial charge in [-0.3, -0.25) is 9.69 Å². The number of nitrogens with zero attached hydrogens (tertiary/aromatic N) is 1. The molecule has 1 aliphatic rings. The molecule has 1 amide bonds. The van der Waals surface area contributed by atoms with Gasteiger partial charge in [0.15, 0.2) is 23.0 Å². The average Bonchev–Trinajstić information content (AvgIpc) is 2.87. The summed E-state index contributed by atoms with van der Waals surface area (Å²) in [4.78, 5) is 15.4. The molecule has 0 aromatic heterocycles. The third-order valence-electron chi connectivity index (χ3n) is 6.80. The van der Waals surface area contributed by atoms with E-state index >= 15 is 0 Å². The van der Waals surface area contributed by atoms with Crippen molar-refractivity contribution in [3.8, 4) is 23.0 Å². The van der Waals surface area contributed by atoms with Crippen molar-refractivity contribution in [1.82, 2.24) is 10.2 Å². The summed E-state index contributed by atoms with van der Waals surface area (Å²) in [5.74, 6) is 2.85. The standard InChI is InChI=1S/C27H38N2O5/c1-8-17(2)28-27(30)18(3)29-12-11-20-15-25(33-6)26(34-7)16-21(20)22(29)13-19-9-10-23(31-4)24(14-19)32-5/h9-10,14-18,22H,8,11-13H2,1-7H3,(H,28,30). The maximum Gasteiger partial charge on any atom is 0.237 e. The van der Waals surface area contributed by atoms with Gasteiger partial charge >= 0.3 is 0 Å². The summed E-state index contributed by atoms with van der Waals surface area (Å²) in [6.07, 6.45) is 2.44. The van der Waals surface area contributed by atoms with E-state index < -0.39 is 0 Å². The van der Waals surface area contributed by atoms with E-state index in [0.29, 0.717) is 23.7 Å². The Morgan fingerprint density at radius 3 is 2.21 bits per heavy atom. The van der Waals surface area contributed by atoms with Gasteiger partial charge in [-0.1, -0.05) is 13.0 Å². The van der Waals surface area contributed by atoms with Crippen LogP contribution in [0.2, 0.25) is 0 Å². The first kappa shape index (κ1) is 25.7. The smallest absolute Gasteiger partial charge is 0.237 e. The van der Waals surface area contributed by atoms with Crippen LogP contribution in [0.15, 0.2) is 30.3 Å². The molecule has 3 unspecified atom stereocenters. The van der Waals surface area contributed by atoms with E-state index in [2.05, 4.69) is 35.3 Å². The lowest BCUT2D eigenvalue weighted by atomic mass is 9.87. The molecule has 0 saturated heterocycles. The molecule has 1 aliphatic heterocycles. The van der Waals surface area contributed by atoms with Crippen LogP contribution in [0.25, 0.3) is 0 Å². The highest BCUT2D eigenvalue weighted by Crippen LogP contribution is 2.41. The number of carbonyl (C=O) groups is 1. The maximum absolute atomic E-state index is 13.1. The molecule has 0 bridgehead atoms. The van der Waals surface area contributed by atoms with Gasteiger partial charge in [-0.2, -0.15) is 0 Å². The number of amides is 1. The van der Waals surface area contributed by atoms with E-state index in [1.165, 1.54) is 5.56 Å². The van der Waals surface area contributed by atoms with Gasteiger partial charge < -0.3 is 24.3 Å². The van der Waals surface area contributed by atoms with E-state index in [4.69, 9.17) is 18.9 Å². The highest BCUT2D eigenvalue weighted by molar-refractivity contribution is 5.81. The largest absolute Gasteiger partial charge is 0.493 e. The van der Waals surface area contributed by atoms with Crippen molar-refractivity contribution < 1.29 is 23.7 Å². The van der Waals surface area contributed by atoms with Crippen LogP contribution in [0.3, 0.4) is 0 Å². The summed E-state index contributed by atoms with van der Waals surface area (Å²) in [5.41, 5.74) is 3.47. The number of hydrogen-bond donors (Lipinski definition) is 1. The van der Waals surface area contributed by atoms with Crippen molar-refractivity contribution in [3.63, 3.8) is 0 Å². The van der Waals surface area contributed by atoms with Gasteiger partial charge in [0.25, 0.3) is 0 Å². The molecule has 3 atom stereocenters. The number of methoxy groups -OCH3 is 4. The van der Waals surface area contributed by atoms with Gasteiger partial charge in [0.1, 0.15) is 0 Å². The molecule has 186 valence electrons. The molecule has 1 N–H and O–H groups in total. The molecule has 7 nitrogen and oxygen atoms in total. The molecular weight excluding hydrogens is 432 g/mol. The third-order valence-corrected chi connectivity index (χ3v) is 6.80. The Morgan fingerprint density at radius 1 is 0.971 bits per heavy atom. The first-order valence-corrected chi connectivity index (χ1v) is 11.9. The molecule has 0 radical (unpaired) electrons. The van der Waals surface area contributed by atoms with Crippen LogP contribution in [0.5, 0.6) is 23.0 Å². The summed E-state index contributed by atoms with van der Waals surface area (Å²) >= 11 is 0. The molecule has 7 heteroatoms. The van der Waals surface area contributed by atoms with E-state index in [1.54, 1.807) is 28.4 Å². The summed E-state index contributed by atoms with van der Waals surface area (Å²) in [6, 6.07) is 9.97. The number of fused-ring (bicyclic) bond motifs is 1. The molecule has 3 rings (SSSR count). The Labute approximate surface area is 203 Å². The van der Waals surface area contributed by atoms with Crippen molar-refractivity contribution in [1.29, 1.82) is 0 Å². The molecular formula is C27H38N2O5. The van der Waals surface area contributed by atoms with Crippen LogP contribution in [-0.2, 0) is 17.6 Å². The summed E-state index contributed by atoms with van der Waals surface area (Å²) in [7, 11) is 6.58. The lowest BCUT2D eigenvalue weighted by Gasteiger charge is -2.41. The Balaban J connectivity index is 2.02. The molecule has 0 saturated carbocycles. The van der Waals surface area contributed by atoms with E-state index in [0.717, 1.165) is 36.3 Å². The maximum atomic E-state index is 13.1. The monoisotopic (exact) mass is 470 g/mol. The SMILES string of the molecule is CCC(C)NC(=O)C(C)N1CCc2cc(OC)c(OC)cc2C1Cc1ccc(OC)c(OC)c1. The zero-order valence-electron chi connectivity index (χ0n) is 21.4. The number of hydrogen-bond acceptors (Lipinski definition) is 6. The fourth-order valence-corrected chi connectivity index (χ4v) is 4.59. The zero-order valence-corrected chi connectivity index (χ0v) is 21.4.